The second-order valence-corrected chi connectivity index (χ2v) is 4.37. The number of nitrogens with zero attached hydrogens (tertiary/aromatic N) is 1. The van der Waals surface area contributed by atoms with Crippen molar-refractivity contribution in [2.75, 3.05) is 6.54 Å². The molecule has 96 valence electrons. The zero-order valence-electron chi connectivity index (χ0n) is 10.7. The molecule has 1 heterocycles. The summed E-state index contributed by atoms with van der Waals surface area (Å²) < 4.78 is 5.41. The molecule has 0 bridgehead atoms. The number of oxazole rings is 1. The number of aromatic nitrogens is 1. The lowest BCUT2D eigenvalue weighted by molar-refractivity contribution is -0.130. The van der Waals surface area contributed by atoms with Gasteiger partial charge in [0.2, 0.25) is 11.8 Å². The standard InChI is InChI=1S/C12H21N3O2/c1-4-9-6-14-10(17-9)7-15-11(16)12(3,5-2)8-13/h6H,4-5,7-8,13H2,1-3H3,(H,15,16). The van der Waals surface area contributed by atoms with Crippen LogP contribution in [-0.4, -0.2) is 17.4 Å². The number of nitrogens with two attached hydrogens (primary N) is 1. The molecule has 0 aromatic carbocycles. The van der Waals surface area contributed by atoms with E-state index in [1.165, 1.54) is 0 Å². The number of rotatable bonds is 6. The maximum Gasteiger partial charge on any atom is 0.227 e. The van der Waals surface area contributed by atoms with Crippen molar-refractivity contribution in [1.82, 2.24) is 10.3 Å². The summed E-state index contributed by atoms with van der Waals surface area (Å²) >= 11 is 0. The van der Waals surface area contributed by atoms with E-state index in [2.05, 4.69) is 10.3 Å². The third kappa shape index (κ3) is 3.30. The van der Waals surface area contributed by atoms with E-state index >= 15 is 0 Å². The van der Waals surface area contributed by atoms with Gasteiger partial charge in [-0.15, -0.1) is 0 Å². The molecule has 5 nitrogen and oxygen atoms in total. The number of carbonyl (C=O) groups excluding carboxylic acids is 1. The molecule has 0 aliphatic rings. The SMILES string of the molecule is CCc1cnc(CNC(=O)C(C)(CC)CN)o1. The highest BCUT2D eigenvalue weighted by atomic mass is 16.4. The van der Waals surface area contributed by atoms with Gasteiger partial charge in [0.15, 0.2) is 0 Å². The highest BCUT2D eigenvalue weighted by Crippen LogP contribution is 2.19. The molecular weight excluding hydrogens is 218 g/mol. The first kappa shape index (κ1) is 13.7. The molecule has 0 saturated carbocycles. The Morgan fingerprint density at radius 2 is 2.29 bits per heavy atom. The minimum atomic E-state index is -0.514. The monoisotopic (exact) mass is 239 g/mol. The van der Waals surface area contributed by atoms with Crippen LogP contribution in [0.5, 0.6) is 0 Å². The Morgan fingerprint density at radius 3 is 2.76 bits per heavy atom. The fourth-order valence-electron chi connectivity index (χ4n) is 1.36. The van der Waals surface area contributed by atoms with Gasteiger partial charge in [0.1, 0.15) is 5.76 Å². The van der Waals surface area contributed by atoms with Gasteiger partial charge < -0.3 is 15.5 Å². The quantitative estimate of drug-likeness (QED) is 0.782. The highest BCUT2D eigenvalue weighted by Gasteiger charge is 2.29. The van der Waals surface area contributed by atoms with Crippen molar-refractivity contribution >= 4 is 5.91 Å². The summed E-state index contributed by atoms with van der Waals surface area (Å²) in [6.45, 7) is 6.45. The molecule has 1 amide bonds. The molecule has 0 fully saturated rings. The molecule has 1 unspecified atom stereocenters. The summed E-state index contributed by atoms with van der Waals surface area (Å²) in [7, 11) is 0. The van der Waals surface area contributed by atoms with E-state index in [0.29, 0.717) is 25.4 Å². The average molecular weight is 239 g/mol. The van der Waals surface area contributed by atoms with E-state index in [0.717, 1.165) is 12.2 Å². The summed E-state index contributed by atoms with van der Waals surface area (Å²) in [5.41, 5.74) is 5.10. The Kier molecular flexibility index (Phi) is 4.69. The van der Waals surface area contributed by atoms with Gasteiger partial charge in [-0.25, -0.2) is 4.98 Å². The second-order valence-electron chi connectivity index (χ2n) is 4.37. The number of carbonyl (C=O) groups is 1. The third-order valence-corrected chi connectivity index (χ3v) is 3.13. The zero-order valence-corrected chi connectivity index (χ0v) is 10.7. The first-order valence-electron chi connectivity index (χ1n) is 5.97. The summed E-state index contributed by atoms with van der Waals surface area (Å²) in [4.78, 5) is 16.0. The van der Waals surface area contributed by atoms with Crippen molar-refractivity contribution in [3.63, 3.8) is 0 Å². The number of aryl methyl sites for hydroxylation is 1. The van der Waals surface area contributed by atoms with Crippen LogP contribution < -0.4 is 11.1 Å². The van der Waals surface area contributed by atoms with Crippen LogP contribution >= 0.6 is 0 Å². The minimum Gasteiger partial charge on any atom is -0.444 e. The van der Waals surface area contributed by atoms with Crippen molar-refractivity contribution in [1.29, 1.82) is 0 Å². The lowest BCUT2D eigenvalue weighted by Crippen LogP contribution is -2.43. The second kappa shape index (κ2) is 5.82. The lowest BCUT2D eigenvalue weighted by Gasteiger charge is -2.24. The van der Waals surface area contributed by atoms with E-state index in [9.17, 15) is 4.79 Å². The van der Waals surface area contributed by atoms with Crippen LogP contribution in [0.3, 0.4) is 0 Å². The largest absolute Gasteiger partial charge is 0.444 e. The topological polar surface area (TPSA) is 81.2 Å². The van der Waals surface area contributed by atoms with E-state index < -0.39 is 5.41 Å². The Labute approximate surface area is 102 Å². The molecule has 0 aliphatic carbocycles. The summed E-state index contributed by atoms with van der Waals surface area (Å²) in [5.74, 6) is 1.30. The van der Waals surface area contributed by atoms with Crippen LogP contribution in [-0.2, 0) is 17.8 Å². The maximum absolute atomic E-state index is 11.9. The van der Waals surface area contributed by atoms with Crippen LogP contribution in [0.15, 0.2) is 10.6 Å². The van der Waals surface area contributed by atoms with Crippen LogP contribution in [0, 0.1) is 5.41 Å². The summed E-state index contributed by atoms with van der Waals surface area (Å²) in [6.07, 6.45) is 3.20. The van der Waals surface area contributed by atoms with Crippen LogP contribution in [0.25, 0.3) is 0 Å². The summed E-state index contributed by atoms with van der Waals surface area (Å²) in [6, 6.07) is 0. The zero-order chi connectivity index (χ0) is 12.9. The molecule has 0 radical (unpaired) electrons. The summed E-state index contributed by atoms with van der Waals surface area (Å²) in [5, 5.41) is 2.80. The van der Waals surface area contributed by atoms with Gasteiger partial charge in [-0.2, -0.15) is 0 Å². The van der Waals surface area contributed by atoms with Crippen molar-refractivity contribution < 1.29 is 9.21 Å². The normalized spacial score (nSPS) is 14.4. The smallest absolute Gasteiger partial charge is 0.227 e. The van der Waals surface area contributed by atoms with Crippen molar-refractivity contribution in [3.8, 4) is 0 Å². The fourth-order valence-corrected chi connectivity index (χ4v) is 1.36. The van der Waals surface area contributed by atoms with E-state index in [1.807, 2.05) is 20.8 Å². The number of hydrogen-bond acceptors (Lipinski definition) is 4. The molecule has 1 rings (SSSR count). The molecule has 0 aliphatic heterocycles. The fraction of sp³-hybridized carbons (Fsp3) is 0.667. The van der Waals surface area contributed by atoms with Gasteiger partial charge in [-0.1, -0.05) is 13.8 Å². The van der Waals surface area contributed by atoms with Crippen molar-refractivity contribution in [2.45, 2.75) is 40.2 Å². The Balaban J connectivity index is 2.53. The Hall–Kier alpha value is -1.36. The van der Waals surface area contributed by atoms with E-state index in [1.54, 1.807) is 6.20 Å². The predicted octanol–water partition coefficient (Wildman–Crippen LogP) is 1.23. The van der Waals surface area contributed by atoms with Crippen molar-refractivity contribution in [2.24, 2.45) is 11.1 Å². The highest BCUT2D eigenvalue weighted by molar-refractivity contribution is 5.82. The third-order valence-electron chi connectivity index (χ3n) is 3.13. The Bertz CT molecular complexity index is 370. The van der Waals surface area contributed by atoms with E-state index in [4.69, 9.17) is 10.2 Å². The number of amides is 1. The first-order chi connectivity index (χ1) is 8.05. The molecule has 0 spiro atoms. The molecule has 5 heteroatoms. The number of hydrogen-bond donors (Lipinski definition) is 2. The molecule has 17 heavy (non-hydrogen) atoms. The van der Waals surface area contributed by atoms with E-state index in [-0.39, 0.29) is 5.91 Å². The van der Waals surface area contributed by atoms with Crippen molar-refractivity contribution in [3.05, 3.63) is 17.8 Å². The number of nitrogens with one attached hydrogen (secondary N) is 1. The van der Waals surface area contributed by atoms with Gasteiger partial charge in [0.25, 0.3) is 0 Å². The first-order valence-corrected chi connectivity index (χ1v) is 5.97. The molecular formula is C12H21N3O2. The Morgan fingerprint density at radius 1 is 1.59 bits per heavy atom. The molecule has 0 saturated heterocycles. The lowest BCUT2D eigenvalue weighted by atomic mass is 9.87. The predicted molar refractivity (Wildman–Crippen MR) is 65.2 cm³/mol. The van der Waals surface area contributed by atoms with Gasteiger partial charge in [-0.05, 0) is 13.3 Å². The molecule has 1 aromatic rings. The van der Waals surface area contributed by atoms with Gasteiger partial charge in [-0.3, -0.25) is 4.79 Å². The van der Waals surface area contributed by atoms with Gasteiger partial charge >= 0.3 is 0 Å². The van der Waals surface area contributed by atoms with Crippen LogP contribution in [0.2, 0.25) is 0 Å². The molecule has 3 N–H and O–H groups in total. The van der Waals surface area contributed by atoms with Crippen LogP contribution in [0.4, 0.5) is 0 Å². The average Bonchev–Trinajstić information content (AvgIpc) is 2.82. The van der Waals surface area contributed by atoms with Gasteiger partial charge in [0, 0.05) is 13.0 Å². The minimum absolute atomic E-state index is 0.0567. The van der Waals surface area contributed by atoms with Crippen LogP contribution in [0.1, 0.15) is 38.8 Å². The molecule has 1 atom stereocenters. The maximum atomic E-state index is 11.9. The van der Waals surface area contributed by atoms with Gasteiger partial charge in [0.05, 0.1) is 18.2 Å². The molecule has 1 aromatic heterocycles.